The smallest absolute Gasteiger partial charge is 0.291 e. The Bertz CT molecular complexity index is 1180. The van der Waals surface area contributed by atoms with Gasteiger partial charge in [-0.3, -0.25) is 14.8 Å². The maximum Gasteiger partial charge on any atom is 0.436 e. The summed E-state index contributed by atoms with van der Waals surface area (Å²) in [5, 5.41) is 2.73. The van der Waals surface area contributed by atoms with Crippen LogP contribution < -0.4 is 11.2 Å². The molecule has 0 bridgehead atoms. The van der Waals surface area contributed by atoms with E-state index in [4.69, 9.17) is 0 Å². The van der Waals surface area contributed by atoms with Crippen LogP contribution in [0.25, 0.3) is 11.0 Å². The Labute approximate surface area is 157 Å². The Hall–Kier alpha value is -3.05. The number of nitrogens with zero attached hydrogens (tertiary/aromatic N) is 2. The lowest BCUT2D eigenvalue weighted by atomic mass is 10.0. The average molecular weight is 418 g/mol. The highest BCUT2D eigenvalue weighted by Crippen LogP contribution is 2.45. The zero-order chi connectivity index (χ0) is 21.1. The number of H-pyrrole nitrogens is 2. The molecule has 0 unspecified atom stereocenters. The molecule has 2 heterocycles. The zero-order valence-electron chi connectivity index (χ0n) is 14.4. The molecule has 1 atom stereocenters. The van der Waals surface area contributed by atoms with E-state index in [0.29, 0.717) is 18.4 Å². The lowest BCUT2D eigenvalue weighted by Gasteiger charge is -2.19. The average Bonchev–Trinajstić information content (AvgIpc) is 3.35. The second kappa shape index (κ2) is 6.22. The van der Waals surface area contributed by atoms with Crippen LogP contribution in [-0.4, -0.2) is 19.7 Å². The van der Waals surface area contributed by atoms with Crippen molar-refractivity contribution in [2.24, 2.45) is 5.92 Å². The van der Waals surface area contributed by atoms with Crippen molar-refractivity contribution in [2.45, 2.75) is 31.2 Å². The Kier molecular flexibility index (Phi) is 4.14. The number of aromatic amines is 2. The van der Waals surface area contributed by atoms with E-state index in [9.17, 15) is 35.9 Å². The maximum atomic E-state index is 13.4. The minimum Gasteiger partial charge on any atom is -0.291 e. The largest absolute Gasteiger partial charge is 0.436 e. The van der Waals surface area contributed by atoms with Gasteiger partial charge in [0.1, 0.15) is 11.0 Å². The second-order valence-corrected chi connectivity index (χ2v) is 6.82. The lowest BCUT2D eigenvalue weighted by Crippen LogP contribution is -2.24. The van der Waals surface area contributed by atoms with Gasteiger partial charge in [0.25, 0.3) is 5.56 Å². The van der Waals surface area contributed by atoms with E-state index in [0.717, 1.165) is 28.9 Å². The summed E-state index contributed by atoms with van der Waals surface area (Å²) in [5.41, 5.74) is -4.77. The highest BCUT2D eigenvalue weighted by molar-refractivity contribution is 5.78. The van der Waals surface area contributed by atoms with Crippen LogP contribution in [0.15, 0.2) is 33.9 Å². The molecule has 154 valence electrons. The minimum atomic E-state index is -4.97. The summed E-state index contributed by atoms with van der Waals surface area (Å²) in [7, 11) is 0. The molecule has 1 aliphatic carbocycles. The van der Waals surface area contributed by atoms with Gasteiger partial charge in [0.2, 0.25) is 0 Å². The van der Waals surface area contributed by atoms with E-state index in [-0.39, 0.29) is 5.92 Å². The molecule has 1 aromatic carbocycles. The number of halogens is 6. The van der Waals surface area contributed by atoms with E-state index >= 15 is 0 Å². The van der Waals surface area contributed by atoms with Crippen molar-refractivity contribution in [3.8, 4) is 0 Å². The molecule has 0 saturated heterocycles. The molecule has 2 aromatic heterocycles. The molecule has 1 fully saturated rings. The number of nitrogens with one attached hydrogen (secondary N) is 2. The van der Waals surface area contributed by atoms with E-state index in [1.54, 1.807) is 4.98 Å². The summed E-state index contributed by atoms with van der Waals surface area (Å²) in [6.45, 7) is 0. The predicted molar refractivity (Wildman–Crippen MR) is 88.3 cm³/mol. The topological polar surface area (TPSA) is 83.5 Å². The van der Waals surface area contributed by atoms with E-state index in [2.05, 4.69) is 10.1 Å². The molecule has 0 radical (unpaired) electrons. The molecule has 0 spiro atoms. The summed E-state index contributed by atoms with van der Waals surface area (Å²) >= 11 is 0. The second-order valence-electron chi connectivity index (χ2n) is 6.82. The number of rotatable bonds is 3. The fraction of sp³-hybridized carbons (Fsp3) is 0.353. The molecule has 0 aliphatic heterocycles. The third kappa shape index (κ3) is 3.42. The molecule has 4 rings (SSSR count). The first-order chi connectivity index (χ1) is 13.5. The summed E-state index contributed by atoms with van der Waals surface area (Å²) in [6.07, 6.45) is -8.30. The van der Waals surface area contributed by atoms with Crippen LogP contribution in [-0.2, 0) is 12.4 Å². The van der Waals surface area contributed by atoms with Gasteiger partial charge in [-0.15, -0.1) is 0 Å². The van der Waals surface area contributed by atoms with Crippen LogP contribution in [0.2, 0.25) is 0 Å². The van der Waals surface area contributed by atoms with Crippen molar-refractivity contribution in [3.05, 3.63) is 61.9 Å². The van der Waals surface area contributed by atoms with Gasteiger partial charge in [-0.25, -0.2) is 9.48 Å². The van der Waals surface area contributed by atoms with Crippen LogP contribution in [0.4, 0.5) is 26.3 Å². The van der Waals surface area contributed by atoms with Gasteiger partial charge >= 0.3 is 18.0 Å². The third-order valence-electron chi connectivity index (χ3n) is 4.78. The van der Waals surface area contributed by atoms with Crippen molar-refractivity contribution in [3.63, 3.8) is 0 Å². The fourth-order valence-electron chi connectivity index (χ4n) is 3.37. The molecule has 0 amide bonds. The van der Waals surface area contributed by atoms with Crippen molar-refractivity contribution in [2.75, 3.05) is 0 Å². The summed E-state index contributed by atoms with van der Waals surface area (Å²) < 4.78 is 79.7. The molecule has 2 N–H and O–H groups in total. The standard InChI is InChI=1S/C17H12F6N4O2/c18-16(19,20)9-5-3-8(4-6-9)11(7-1-2-7)27-13-10(12(26-27)17(21,22)23)14(28)25-15(29)24-13/h3-7,11H,1-2H2,(H2,24,25,28,29)/t11-/m0/s1. The molecule has 29 heavy (non-hydrogen) atoms. The first-order valence-corrected chi connectivity index (χ1v) is 8.46. The van der Waals surface area contributed by atoms with Crippen LogP contribution >= 0.6 is 0 Å². The monoisotopic (exact) mass is 418 g/mol. The summed E-state index contributed by atoms with van der Waals surface area (Å²) in [4.78, 5) is 27.6. The van der Waals surface area contributed by atoms with Gasteiger partial charge in [-0.1, -0.05) is 12.1 Å². The number of hydrogen-bond acceptors (Lipinski definition) is 3. The Morgan fingerprint density at radius 2 is 1.59 bits per heavy atom. The van der Waals surface area contributed by atoms with Crippen LogP contribution in [0.1, 0.15) is 35.7 Å². The normalized spacial score (nSPS) is 16.3. The van der Waals surface area contributed by atoms with E-state index in [1.165, 1.54) is 0 Å². The van der Waals surface area contributed by atoms with Crippen LogP contribution in [0.5, 0.6) is 0 Å². The van der Waals surface area contributed by atoms with Crippen molar-refractivity contribution >= 4 is 11.0 Å². The molecule has 12 heteroatoms. The molecular weight excluding hydrogens is 406 g/mol. The lowest BCUT2D eigenvalue weighted by molar-refractivity contribution is -0.140. The van der Waals surface area contributed by atoms with Crippen molar-refractivity contribution in [1.82, 2.24) is 19.7 Å². The molecular formula is C17H12F6N4O2. The molecule has 6 nitrogen and oxygen atoms in total. The SMILES string of the molecule is O=c1[nH]c(=O)c2c(C(F)(F)F)nn([C@H](c3ccc(C(F)(F)F)cc3)C3CC3)c2[nH]1. The van der Waals surface area contributed by atoms with Gasteiger partial charge in [0.15, 0.2) is 5.69 Å². The quantitative estimate of drug-likeness (QED) is 0.640. The van der Waals surface area contributed by atoms with Crippen molar-refractivity contribution in [1.29, 1.82) is 0 Å². The van der Waals surface area contributed by atoms with Crippen LogP contribution in [0, 0.1) is 5.92 Å². The minimum absolute atomic E-state index is 0.196. The molecule has 3 aromatic rings. The van der Waals surface area contributed by atoms with Crippen LogP contribution in [0.3, 0.4) is 0 Å². The number of benzene rings is 1. The summed E-state index contributed by atoms with van der Waals surface area (Å²) in [5.74, 6) is -0.196. The molecule has 1 aliphatic rings. The van der Waals surface area contributed by atoms with Gasteiger partial charge in [0.05, 0.1) is 11.6 Å². The third-order valence-corrected chi connectivity index (χ3v) is 4.78. The van der Waals surface area contributed by atoms with Gasteiger partial charge in [-0.05, 0) is 36.5 Å². The van der Waals surface area contributed by atoms with Crippen molar-refractivity contribution < 1.29 is 26.3 Å². The summed E-state index contributed by atoms with van der Waals surface area (Å²) in [6, 6.07) is 3.12. The van der Waals surface area contributed by atoms with Gasteiger partial charge < -0.3 is 0 Å². The van der Waals surface area contributed by atoms with Gasteiger partial charge in [0, 0.05) is 0 Å². The number of fused-ring (bicyclic) bond motifs is 1. The Morgan fingerprint density at radius 1 is 0.966 bits per heavy atom. The Balaban J connectivity index is 1.94. The fourth-order valence-corrected chi connectivity index (χ4v) is 3.37. The maximum absolute atomic E-state index is 13.4. The zero-order valence-corrected chi connectivity index (χ0v) is 14.4. The van der Waals surface area contributed by atoms with E-state index < -0.39 is 51.9 Å². The number of alkyl halides is 6. The molecule has 1 saturated carbocycles. The highest BCUT2D eigenvalue weighted by Gasteiger charge is 2.42. The predicted octanol–water partition coefficient (Wildman–Crippen LogP) is 3.45. The number of aromatic nitrogens is 4. The highest BCUT2D eigenvalue weighted by atomic mass is 19.4. The number of hydrogen-bond donors (Lipinski definition) is 2. The van der Waals surface area contributed by atoms with Gasteiger partial charge in [-0.2, -0.15) is 31.4 Å². The van der Waals surface area contributed by atoms with E-state index in [1.807, 2.05) is 0 Å². The first kappa shape index (κ1) is 19.3. The first-order valence-electron chi connectivity index (χ1n) is 8.46. The Morgan fingerprint density at radius 3 is 2.10 bits per heavy atom.